The number of hydrogen-bond acceptors (Lipinski definition) is 7. The van der Waals surface area contributed by atoms with Gasteiger partial charge in [0.15, 0.2) is 5.13 Å². The summed E-state index contributed by atoms with van der Waals surface area (Å²) >= 11 is 1.60. The van der Waals surface area contributed by atoms with E-state index in [4.69, 9.17) is 10.7 Å². The molecule has 2 aromatic heterocycles. The van der Waals surface area contributed by atoms with Gasteiger partial charge in [0, 0.05) is 41.8 Å². The van der Waals surface area contributed by atoms with Gasteiger partial charge in [-0.25, -0.2) is 15.0 Å². The molecule has 3 heterocycles. The Hall–Kier alpha value is -2.06. The molecule has 8 heteroatoms. The van der Waals surface area contributed by atoms with Crippen molar-refractivity contribution in [2.24, 2.45) is 5.73 Å². The van der Waals surface area contributed by atoms with Crippen LogP contribution in [0.4, 0.5) is 10.9 Å². The molecule has 1 fully saturated rings. The number of carbonyl (C=O) groups excluding carboxylic acids is 1. The molecule has 28 heavy (non-hydrogen) atoms. The Kier molecular flexibility index (Phi) is 6.96. The number of piperidine rings is 1. The van der Waals surface area contributed by atoms with E-state index < -0.39 is 0 Å². The normalized spacial score (nSPS) is 16.2. The van der Waals surface area contributed by atoms with E-state index in [9.17, 15) is 4.79 Å². The monoisotopic (exact) mass is 402 g/mol. The molecule has 3 N–H and O–H groups in total. The van der Waals surface area contributed by atoms with Crippen LogP contribution in [0.25, 0.3) is 0 Å². The predicted octanol–water partition coefficient (Wildman–Crippen LogP) is 3.52. The lowest BCUT2D eigenvalue weighted by Gasteiger charge is -2.33. The topological polar surface area (TPSA) is 97.0 Å². The summed E-state index contributed by atoms with van der Waals surface area (Å²) in [4.78, 5) is 29.3. The maximum absolute atomic E-state index is 12.5. The first-order valence-electron chi connectivity index (χ1n) is 10.1. The van der Waals surface area contributed by atoms with E-state index in [-0.39, 0.29) is 17.9 Å². The van der Waals surface area contributed by atoms with Crippen molar-refractivity contribution in [2.75, 3.05) is 18.4 Å². The third kappa shape index (κ3) is 5.26. The SMILES string of the molecule is CCCC[C@H](N)C(=O)N1CCC(c2nc(C)cc(Nc3ncc(C)s3)n2)CC1. The highest BCUT2D eigenvalue weighted by molar-refractivity contribution is 7.15. The van der Waals surface area contributed by atoms with Crippen LogP contribution < -0.4 is 11.1 Å². The van der Waals surface area contributed by atoms with E-state index in [2.05, 4.69) is 22.2 Å². The molecule has 0 bridgehead atoms. The summed E-state index contributed by atoms with van der Waals surface area (Å²) in [6, 6.07) is 1.57. The fourth-order valence-corrected chi connectivity index (χ4v) is 4.17. The lowest BCUT2D eigenvalue weighted by Crippen LogP contribution is -2.47. The van der Waals surface area contributed by atoms with Gasteiger partial charge in [0.1, 0.15) is 11.6 Å². The maximum Gasteiger partial charge on any atom is 0.239 e. The number of unbranched alkanes of at least 4 members (excludes halogenated alkanes) is 1. The number of hydrogen-bond donors (Lipinski definition) is 2. The second-order valence-corrected chi connectivity index (χ2v) is 8.74. The minimum Gasteiger partial charge on any atom is -0.341 e. The number of rotatable bonds is 7. The van der Waals surface area contributed by atoms with Crippen LogP contribution in [-0.4, -0.2) is 44.9 Å². The molecular formula is C20H30N6OS. The Bertz CT molecular complexity index is 800. The number of nitrogens with zero attached hydrogens (tertiary/aromatic N) is 4. The highest BCUT2D eigenvalue weighted by Crippen LogP contribution is 2.28. The molecule has 3 rings (SSSR count). The summed E-state index contributed by atoms with van der Waals surface area (Å²) in [5, 5.41) is 4.12. The van der Waals surface area contributed by atoms with E-state index in [1.54, 1.807) is 11.3 Å². The fraction of sp³-hybridized carbons (Fsp3) is 0.600. The lowest BCUT2D eigenvalue weighted by molar-refractivity contribution is -0.133. The third-order valence-corrected chi connectivity index (χ3v) is 5.91. The average molecular weight is 403 g/mol. The number of nitrogens with two attached hydrogens (primary N) is 1. The van der Waals surface area contributed by atoms with Crippen LogP contribution in [0.3, 0.4) is 0 Å². The molecule has 0 unspecified atom stereocenters. The summed E-state index contributed by atoms with van der Waals surface area (Å²) in [5.41, 5.74) is 7.00. The van der Waals surface area contributed by atoms with Gasteiger partial charge in [-0.05, 0) is 33.1 Å². The number of carbonyl (C=O) groups is 1. The predicted molar refractivity (Wildman–Crippen MR) is 113 cm³/mol. The molecule has 0 saturated carbocycles. The zero-order valence-electron chi connectivity index (χ0n) is 16.9. The quantitative estimate of drug-likeness (QED) is 0.735. The number of nitrogens with one attached hydrogen (secondary N) is 1. The molecule has 1 aliphatic heterocycles. The summed E-state index contributed by atoms with van der Waals surface area (Å²) in [6.45, 7) is 7.56. The van der Waals surface area contributed by atoms with Crippen LogP contribution in [-0.2, 0) is 4.79 Å². The standard InChI is InChI=1S/C20H30N6OS/c1-4-5-6-16(21)19(27)26-9-7-15(8-10-26)18-23-13(2)11-17(24-18)25-20-22-12-14(3)28-20/h11-12,15-16H,4-10,21H2,1-3H3,(H,22,23,24,25)/t16-/m0/s1. The second kappa shape index (κ2) is 9.43. The molecule has 0 aromatic carbocycles. The number of aryl methyl sites for hydroxylation is 2. The summed E-state index contributed by atoms with van der Waals surface area (Å²) < 4.78 is 0. The van der Waals surface area contributed by atoms with Crippen molar-refractivity contribution in [3.8, 4) is 0 Å². The van der Waals surface area contributed by atoms with E-state index in [1.165, 1.54) is 0 Å². The van der Waals surface area contributed by atoms with Gasteiger partial charge < -0.3 is 16.0 Å². The molecule has 0 radical (unpaired) electrons. The Morgan fingerprint density at radius 3 is 2.75 bits per heavy atom. The van der Waals surface area contributed by atoms with Crippen LogP contribution in [0, 0.1) is 13.8 Å². The highest BCUT2D eigenvalue weighted by atomic mass is 32.1. The van der Waals surface area contributed by atoms with Crippen LogP contribution in [0.1, 0.15) is 61.3 Å². The highest BCUT2D eigenvalue weighted by Gasteiger charge is 2.28. The zero-order valence-corrected chi connectivity index (χ0v) is 17.8. The van der Waals surface area contributed by atoms with Crippen LogP contribution in [0.15, 0.2) is 12.3 Å². The molecule has 152 valence electrons. The Balaban J connectivity index is 1.61. The van der Waals surface area contributed by atoms with Crippen LogP contribution in [0.5, 0.6) is 0 Å². The minimum atomic E-state index is -0.371. The van der Waals surface area contributed by atoms with E-state index in [0.29, 0.717) is 0 Å². The number of thiazole rings is 1. The average Bonchev–Trinajstić information content (AvgIpc) is 3.09. The molecule has 1 amide bonds. The molecule has 2 aromatic rings. The minimum absolute atomic E-state index is 0.0820. The summed E-state index contributed by atoms with van der Waals surface area (Å²) in [6.07, 6.45) is 6.40. The van der Waals surface area contributed by atoms with Gasteiger partial charge in [-0.3, -0.25) is 4.79 Å². The van der Waals surface area contributed by atoms with Crippen molar-refractivity contribution < 1.29 is 4.79 Å². The first-order valence-corrected chi connectivity index (χ1v) is 10.9. The van der Waals surface area contributed by atoms with E-state index >= 15 is 0 Å². The molecule has 0 aliphatic carbocycles. The Morgan fingerprint density at radius 2 is 2.11 bits per heavy atom. The molecule has 0 spiro atoms. The number of aromatic nitrogens is 3. The van der Waals surface area contributed by atoms with Crippen molar-refractivity contribution in [1.29, 1.82) is 0 Å². The van der Waals surface area contributed by atoms with Crippen molar-refractivity contribution in [2.45, 2.75) is 64.8 Å². The van der Waals surface area contributed by atoms with Gasteiger partial charge in [0.05, 0.1) is 6.04 Å². The number of likely N-dealkylation sites (tertiary alicyclic amines) is 1. The largest absolute Gasteiger partial charge is 0.341 e. The van der Waals surface area contributed by atoms with E-state index in [0.717, 1.165) is 72.5 Å². The summed E-state index contributed by atoms with van der Waals surface area (Å²) in [7, 11) is 0. The van der Waals surface area contributed by atoms with Gasteiger partial charge in [0.2, 0.25) is 5.91 Å². The second-order valence-electron chi connectivity index (χ2n) is 7.50. The van der Waals surface area contributed by atoms with Crippen LogP contribution >= 0.6 is 11.3 Å². The van der Waals surface area contributed by atoms with Gasteiger partial charge in [0.25, 0.3) is 0 Å². The smallest absolute Gasteiger partial charge is 0.239 e. The first-order chi connectivity index (χ1) is 13.5. The fourth-order valence-electron chi connectivity index (χ4n) is 3.50. The van der Waals surface area contributed by atoms with Crippen LogP contribution in [0.2, 0.25) is 0 Å². The summed E-state index contributed by atoms with van der Waals surface area (Å²) in [5.74, 6) is 1.96. The molecule has 7 nitrogen and oxygen atoms in total. The van der Waals surface area contributed by atoms with Gasteiger partial charge in [-0.15, -0.1) is 11.3 Å². The van der Waals surface area contributed by atoms with Gasteiger partial charge in [-0.1, -0.05) is 19.8 Å². The van der Waals surface area contributed by atoms with Crippen molar-refractivity contribution in [3.05, 3.63) is 28.7 Å². The number of anilines is 2. The Morgan fingerprint density at radius 1 is 1.36 bits per heavy atom. The molecule has 1 aliphatic rings. The van der Waals surface area contributed by atoms with Crippen molar-refractivity contribution in [1.82, 2.24) is 19.9 Å². The first kappa shape index (κ1) is 20.7. The van der Waals surface area contributed by atoms with Gasteiger partial charge >= 0.3 is 0 Å². The third-order valence-electron chi connectivity index (χ3n) is 5.09. The lowest BCUT2D eigenvalue weighted by atomic mass is 9.95. The molecule has 1 atom stereocenters. The molecule has 1 saturated heterocycles. The maximum atomic E-state index is 12.5. The van der Waals surface area contributed by atoms with E-state index in [1.807, 2.05) is 31.0 Å². The van der Waals surface area contributed by atoms with Crippen molar-refractivity contribution in [3.63, 3.8) is 0 Å². The van der Waals surface area contributed by atoms with Crippen molar-refractivity contribution >= 4 is 28.2 Å². The zero-order chi connectivity index (χ0) is 20.1. The number of amides is 1. The Labute approximate surface area is 170 Å². The van der Waals surface area contributed by atoms with Gasteiger partial charge in [-0.2, -0.15) is 0 Å². The molecular weight excluding hydrogens is 372 g/mol.